The zero-order valence-corrected chi connectivity index (χ0v) is 11.6. The van der Waals surface area contributed by atoms with Crippen LogP contribution in [-0.2, 0) is 0 Å². The van der Waals surface area contributed by atoms with Crippen LogP contribution in [0, 0.1) is 11.6 Å². The maximum absolute atomic E-state index is 13.8. The van der Waals surface area contributed by atoms with Gasteiger partial charge in [-0.25, -0.2) is 13.8 Å². The molecule has 0 unspecified atom stereocenters. The first-order chi connectivity index (χ1) is 8.99. The molecule has 7 heteroatoms. The Bertz CT molecular complexity index is 576. The molecule has 0 aliphatic heterocycles. The summed E-state index contributed by atoms with van der Waals surface area (Å²) in [4.78, 5) is 0. The first-order valence-corrected chi connectivity index (χ1v) is 6.17. The molecule has 0 saturated carbocycles. The van der Waals surface area contributed by atoms with Crippen molar-refractivity contribution in [2.45, 2.75) is 0 Å². The SMILES string of the molecule is Fc1ccc(N(c2ccc(Cl)cc2)N(Cl)Cl)c(F)c1. The van der Waals surface area contributed by atoms with E-state index in [9.17, 15) is 8.78 Å². The van der Waals surface area contributed by atoms with Gasteiger partial charge in [0.25, 0.3) is 0 Å². The fraction of sp³-hybridized carbons (Fsp3) is 0. The van der Waals surface area contributed by atoms with Crippen molar-refractivity contribution < 1.29 is 8.78 Å². The van der Waals surface area contributed by atoms with E-state index in [0.717, 1.165) is 17.1 Å². The number of nitrogens with zero attached hydrogens (tertiary/aromatic N) is 2. The van der Waals surface area contributed by atoms with E-state index >= 15 is 0 Å². The van der Waals surface area contributed by atoms with Crippen LogP contribution < -0.4 is 5.01 Å². The van der Waals surface area contributed by atoms with Crippen molar-refractivity contribution in [1.82, 2.24) is 4.05 Å². The Morgan fingerprint density at radius 2 is 1.53 bits per heavy atom. The van der Waals surface area contributed by atoms with Gasteiger partial charge < -0.3 is 0 Å². The van der Waals surface area contributed by atoms with Crippen LogP contribution in [0.25, 0.3) is 0 Å². The molecule has 0 amide bonds. The molecule has 0 aromatic heterocycles. The highest BCUT2D eigenvalue weighted by molar-refractivity contribution is 6.35. The lowest BCUT2D eigenvalue weighted by atomic mass is 10.2. The smallest absolute Gasteiger partial charge is 0.151 e. The van der Waals surface area contributed by atoms with Gasteiger partial charge in [0, 0.05) is 34.6 Å². The van der Waals surface area contributed by atoms with Gasteiger partial charge in [0.1, 0.15) is 5.82 Å². The lowest BCUT2D eigenvalue weighted by Gasteiger charge is -2.26. The molecule has 0 radical (unpaired) electrons. The van der Waals surface area contributed by atoms with Crippen LogP contribution in [0.2, 0.25) is 5.02 Å². The van der Waals surface area contributed by atoms with Crippen molar-refractivity contribution in [2.24, 2.45) is 0 Å². The Morgan fingerprint density at radius 1 is 0.895 bits per heavy atom. The molecule has 0 aliphatic rings. The summed E-state index contributed by atoms with van der Waals surface area (Å²) in [5.41, 5.74) is 0.480. The molecule has 0 aliphatic carbocycles. The van der Waals surface area contributed by atoms with Crippen LogP contribution in [0.5, 0.6) is 0 Å². The van der Waals surface area contributed by atoms with E-state index in [0.29, 0.717) is 14.8 Å². The van der Waals surface area contributed by atoms with Gasteiger partial charge in [-0.05, 0) is 40.4 Å². The molecule has 2 rings (SSSR count). The van der Waals surface area contributed by atoms with E-state index in [1.807, 2.05) is 0 Å². The molecule has 2 nitrogen and oxygen atoms in total. The molecular weight excluding hydrogens is 317 g/mol. The van der Waals surface area contributed by atoms with E-state index in [1.165, 1.54) is 6.07 Å². The van der Waals surface area contributed by atoms with Gasteiger partial charge in [0.15, 0.2) is 5.82 Å². The third-order valence-electron chi connectivity index (χ3n) is 2.36. The lowest BCUT2D eigenvalue weighted by Crippen LogP contribution is -2.25. The summed E-state index contributed by atoms with van der Waals surface area (Å²) < 4.78 is 27.3. The quantitative estimate of drug-likeness (QED) is 0.560. The third-order valence-corrected chi connectivity index (χ3v) is 2.91. The summed E-state index contributed by atoms with van der Waals surface area (Å²) in [5.74, 6) is -1.48. The number of benzene rings is 2. The minimum atomic E-state index is -0.791. The van der Waals surface area contributed by atoms with Gasteiger partial charge in [-0.2, -0.15) is 0 Å². The maximum Gasteiger partial charge on any atom is 0.151 e. The zero-order valence-electron chi connectivity index (χ0n) is 9.33. The zero-order chi connectivity index (χ0) is 14.0. The van der Waals surface area contributed by atoms with Crippen LogP contribution in [0.4, 0.5) is 20.2 Å². The number of hydrazine groups is 1. The van der Waals surface area contributed by atoms with Crippen molar-refractivity contribution in [2.75, 3.05) is 5.01 Å². The minimum absolute atomic E-state index is 0.00808. The topological polar surface area (TPSA) is 6.48 Å². The highest BCUT2D eigenvalue weighted by atomic mass is 35.5. The van der Waals surface area contributed by atoms with E-state index in [4.69, 9.17) is 35.2 Å². The summed E-state index contributed by atoms with van der Waals surface area (Å²) in [6, 6.07) is 9.49. The predicted octanol–water partition coefficient (Wildman–Crippen LogP) is 5.28. The van der Waals surface area contributed by atoms with E-state index < -0.39 is 11.6 Å². The summed E-state index contributed by atoms with van der Waals surface area (Å²) >= 11 is 17.2. The molecule has 0 atom stereocenters. The largest absolute Gasteiger partial charge is 0.243 e. The molecular formula is C12H7Cl3F2N2. The number of hydrogen-bond donors (Lipinski definition) is 0. The van der Waals surface area contributed by atoms with Crippen LogP contribution in [-0.4, -0.2) is 4.05 Å². The lowest BCUT2D eigenvalue weighted by molar-refractivity contribution is 0.573. The number of rotatable bonds is 3. The van der Waals surface area contributed by atoms with Gasteiger partial charge in [-0.3, -0.25) is 0 Å². The second kappa shape index (κ2) is 5.92. The van der Waals surface area contributed by atoms with Crippen molar-refractivity contribution in [3.05, 3.63) is 59.1 Å². The standard InChI is InChI=1S/C12H7Cl3F2N2/c13-8-1-4-10(5-2-8)18(19(14)15)12-6-3-9(16)7-11(12)17/h1-7H. The van der Waals surface area contributed by atoms with Crippen LogP contribution in [0.1, 0.15) is 0 Å². The molecule has 0 bridgehead atoms. The highest BCUT2D eigenvalue weighted by Gasteiger charge is 2.19. The first kappa shape index (κ1) is 14.3. The Morgan fingerprint density at radius 3 is 2.05 bits per heavy atom. The molecule has 0 spiro atoms. The first-order valence-electron chi connectivity index (χ1n) is 5.11. The molecule has 0 saturated heterocycles. The minimum Gasteiger partial charge on any atom is -0.243 e. The normalized spacial score (nSPS) is 10.8. The number of anilines is 2. The van der Waals surface area contributed by atoms with Crippen LogP contribution in [0.3, 0.4) is 0 Å². The Kier molecular flexibility index (Phi) is 4.47. The average Bonchev–Trinajstić information content (AvgIpc) is 2.34. The summed E-state index contributed by atoms with van der Waals surface area (Å²) in [6.45, 7) is 0. The van der Waals surface area contributed by atoms with Crippen molar-refractivity contribution in [3.63, 3.8) is 0 Å². The maximum atomic E-state index is 13.8. The highest BCUT2D eigenvalue weighted by Crippen LogP contribution is 2.32. The van der Waals surface area contributed by atoms with Gasteiger partial charge in [0.05, 0.1) is 11.4 Å². The molecule has 0 heterocycles. The predicted molar refractivity (Wildman–Crippen MR) is 73.5 cm³/mol. The second-order valence-corrected chi connectivity index (χ2v) is 4.85. The Labute approximate surface area is 123 Å². The fourth-order valence-corrected chi connectivity index (χ4v) is 2.01. The second-order valence-electron chi connectivity index (χ2n) is 3.60. The van der Waals surface area contributed by atoms with E-state index in [1.54, 1.807) is 24.3 Å². The van der Waals surface area contributed by atoms with Crippen molar-refractivity contribution in [1.29, 1.82) is 0 Å². The van der Waals surface area contributed by atoms with Gasteiger partial charge in [-0.1, -0.05) is 11.6 Å². The molecule has 0 fully saturated rings. The van der Waals surface area contributed by atoms with Crippen molar-refractivity contribution >= 4 is 46.5 Å². The van der Waals surface area contributed by atoms with Crippen LogP contribution in [0.15, 0.2) is 42.5 Å². The molecule has 0 N–H and O–H groups in total. The Balaban J connectivity index is 2.48. The van der Waals surface area contributed by atoms with Gasteiger partial charge in [-0.15, -0.1) is 0 Å². The Hall–Kier alpha value is -1.07. The van der Waals surface area contributed by atoms with Crippen LogP contribution >= 0.6 is 35.2 Å². The monoisotopic (exact) mass is 322 g/mol. The van der Waals surface area contributed by atoms with Gasteiger partial charge >= 0.3 is 0 Å². The summed E-state index contributed by atoms with van der Waals surface area (Å²) in [6.07, 6.45) is 0. The van der Waals surface area contributed by atoms with E-state index in [2.05, 4.69) is 0 Å². The van der Waals surface area contributed by atoms with Crippen molar-refractivity contribution in [3.8, 4) is 0 Å². The number of hydrogen-bond acceptors (Lipinski definition) is 2. The average molecular weight is 324 g/mol. The molecule has 2 aromatic rings. The van der Waals surface area contributed by atoms with E-state index in [-0.39, 0.29) is 5.69 Å². The molecule has 19 heavy (non-hydrogen) atoms. The summed E-state index contributed by atoms with van der Waals surface area (Å²) in [5, 5.41) is 1.67. The number of halogens is 5. The summed E-state index contributed by atoms with van der Waals surface area (Å²) in [7, 11) is 0. The third kappa shape index (κ3) is 3.28. The molecule has 2 aromatic carbocycles. The fourth-order valence-electron chi connectivity index (χ4n) is 1.54. The molecule has 100 valence electrons. The van der Waals surface area contributed by atoms with Gasteiger partial charge in [0.2, 0.25) is 0 Å².